The molecule has 3 N–H and O–H groups in total. The summed E-state index contributed by atoms with van der Waals surface area (Å²) in [5.41, 5.74) is 5.58. The van der Waals surface area contributed by atoms with E-state index < -0.39 is 0 Å². The number of halogens is 1. The first-order valence-corrected chi connectivity index (χ1v) is 8.38. The summed E-state index contributed by atoms with van der Waals surface area (Å²) < 4.78 is 5.65. The molecule has 0 aromatic heterocycles. The van der Waals surface area contributed by atoms with Gasteiger partial charge in [-0.1, -0.05) is 26.2 Å². The van der Waals surface area contributed by atoms with Gasteiger partial charge in [0.15, 0.2) is 0 Å². The fourth-order valence-electron chi connectivity index (χ4n) is 3.45. The predicted octanol–water partition coefficient (Wildman–Crippen LogP) is 2.78. The van der Waals surface area contributed by atoms with Gasteiger partial charge in [-0.05, 0) is 44.4 Å². The molecule has 1 saturated carbocycles. The van der Waals surface area contributed by atoms with Crippen LogP contribution in [0, 0.1) is 5.92 Å². The van der Waals surface area contributed by atoms with E-state index in [0.29, 0.717) is 12.6 Å². The summed E-state index contributed by atoms with van der Waals surface area (Å²) in [6.45, 7) is 2.77. The normalized spacial score (nSPS) is 32.5. The number of ether oxygens (including phenoxy) is 1. The lowest BCUT2D eigenvalue weighted by molar-refractivity contribution is -0.132. The summed E-state index contributed by atoms with van der Waals surface area (Å²) in [6.07, 6.45) is 10.3. The van der Waals surface area contributed by atoms with Gasteiger partial charge in [0, 0.05) is 12.6 Å². The summed E-state index contributed by atoms with van der Waals surface area (Å²) in [6, 6.07) is 0.362. The van der Waals surface area contributed by atoms with Crippen molar-refractivity contribution < 1.29 is 9.53 Å². The Morgan fingerprint density at radius 3 is 2.48 bits per heavy atom. The molecule has 0 radical (unpaired) electrons. The zero-order valence-corrected chi connectivity index (χ0v) is 14.0. The van der Waals surface area contributed by atoms with Crippen LogP contribution in [0.4, 0.5) is 0 Å². The van der Waals surface area contributed by atoms with Crippen LogP contribution in [-0.2, 0) is 9.53 Å². The number of nitrogens with one attached hydrogen (secondary N) is 1. The van der Waals surface area contributed by atoms with Crippen molar-refractivity contribution in [3.05, 3.63) is 0 Å². The van der Waals surface area contributed by atoms with E-state index in [1.54, 1.807) is 0 Å². The van der Waals surface area contributed by atoms with Crippen molar-refractivity contribution in [1.82, 2.24) is 5.32 Å². The Labute approximate surface area is 135 Å². The number of carbonyl (C=O) groups is 1. The predicted molar refractivity (Wildman–Crippen MR) is 87.6 cm³/mol. The second kappa shape index (κ2) is 9.65. The van der Waals surface area contributed by atoms with Crippen LogP contribution < -0.4 is 11.1 Å². The van der Waals surface area contributed by atoms with Crippen LogP contribution in [0.2, 0.25) is 0 Å². The molecule has 2 aliphatic rings. The quantitative estimate of drug-likeness (QED) is 0.791. The Bertz CT molecular complexity index is 307. The third-order valence-electron chi connectivity index (χ3n) is 4.82. The van der Waals surface area contributed by atoms with Crippen LogP contribution in [0.25, 0.3) is 0 Å². The summed E-state index contributed by atoms with van der Waals surface area (Å²) in [5, 5.41) is 3.18. The van der Waals surface area contributed by atoms with Crippen molar-refractivity contribution in [2.75, 3.05) is 6.54 Å². The lowest BCUT2D eigenvalue weighted by Crippen LogP contribution is -2.43. The van der Waals surface area contributed by atoms with E-state index in [-0.39, 0.29) is 30.5 Å². The Kier molecular flexibility index (Phi) is 8.60. The van der Waals surface area contributed by atoms with E-state index in [1.807, 2.05) is 0 Å². The second-order valence-corrected chi connectivity index (χ2v) is 6.43. The second-order valence-electron chi connectivity index (χ2n) is 6.43. The van der Waals surface area contributed by atoms with E-state index in [2.05, 4.69) is 12.2 Å². The van der Waals surface area contributed by atoms with Gasteiger partial charge in [0.05, 0.1) is 6.10 Å². The molecule has 0 aromatic carbocycles. The minimum atomic E-state index is -0.263. The monoisotopic (exact) mass is 318 g/mol. The van der Waals surface area contributed by atoms with Gasteiger partial charge in [0.1, 0.15) is 6.10 Å². The summed E-state index contributed by atoms with van der Waals surface area (Å²) in [5.74, 6) is 0.963. The molecule has 0 spiro atoms. The standard InChI is InChI=1S/C16H30N2O2.ClH/c1-2-3-4-12-5-7-13(8-6-12)18-16(19)15-10-9-14(11-17)20-15;/h12-15H,2-11,17H2,1H3,(H,18,19);1H/t12?,13?,14-,15+;/m1./s1. The number of hydrogen-bond donors (Lipinski definition) is 2. The van der Waals surface area contributed by atoms with Gasteiger partial charge in [-0.3, -0.25) is 4.79 Å². The third-order valence-corrected chi connectivity index (χ3v) is 4.82. The summed E-state index contributed by atoms with van der Waals surface area (Å²) >= 11 is 0. The van der Waals surface area contributed by atoms with Crippen LogP contribution in [0.1, 0.15) is 64.7 Å². The SMILES string of the molecule is CCCCC1CCC(NC(=O)[C@@H]2CC[C@H](CN)O2)CC1.Cl. The fourth-order valence-corrected chi connectivity index (χ4v) is 3.45. The van der Waals surface area contributed by atoms with Crippen molar-refractivity contribution in [3.8, 4) is 0 Å². The van der Waals surface area contributed by atoms with E-state index in [0.717, 1.165) is 31.6 Å². The van der Waals surface area contributed by atoms with Crippen LogP contribution >= 0.6 is 12.4 Å². The number of rotatable bonds is 6. The van der Waals surface area contributed by atoms with Crippen LogP contribution in [0.3, 0.4) is 0 Å². The van der Waals surface area contributed by atoms with Gasteiger partial charge in [-0.2, -0.15) is 0 Å². The molecule has 5 heteroatoms. The molecule has 2 rings (SSSR count). The highest BCUT2D eigenvalue weighted by molar-refractivity contribution is 5.85. The molecule has 1 aliphatic heterocycles. The Hall–Kier alpha value is -0.320. The number of nitrogens with two attached hydrogens (primary N) is 1. The molecule has 0 bridgehead atoms. The van der Waals surface area contributed by atoms with E-state index >= 15 is 0 Å². The maximum atomic E-state index is 12.2. The van der Waals surface area contributed by atoms with Gasteiger partial charge in [-0.25, -0.2) is 0 Å². The highest BCUT2D eigenvalue weighted by Crippen LogP contribution is 2.28. The number of hydrogen-bond acceptors (Lipinski definition) is 3. The smallest absolute Gasteiger partial charge is 0.249 e. The van der Waals surface area contributed by atoms with E-state index in [9.17, 15) is 4.79 Å². The van der Waals surface area contributed by atoms with Gasteiger partial charge in [-0.15, -0.1) is 12.4 Å². The minimum absolute atomic E-state index is 0. The average molecular weight is 319 g/mol. The highest BCUT2D eigenvalue weighted by Gasteiger charge is 2.31. The number of unbranched alkanes of at least 4 members (excludes halogenated alkanes) is 1. The Morgan fingerprint density at radius 2 is 1.90 bits per heavy atom. The maximum Gasteiger partial charge on any atom is 0.249 e. The molecule has 21 heavy (non-hydrogen) atoms. The van der Waals surface area contributed by atoms with Gasteiger partial charge in [0.2, 0.25) is 5.91 Å². The molecule has 1 amide bonds. The Balaban J connectivity index is 0.00000220. The zero-order valence-electron chi connectivity index (χ0n) is 13.2. The largest absolute Gasteiger partial charge is 0.364 e. The van der Waals surface area contributed by atoms with Crippen molar-refractivity contribution in [2.45, 2.75) is 83.0 Å². The van der Waals surface area contributed by atoms with Crippen LogP contribution in [0.15, 0.2) is 0 Å². The first-order chi connectivity index (χ1) is 9.72. The summed E-state index contributed by atoms with van der Waals surface area (Å²) in [7, 11) is 0. The van der Waals surface area contributed by atoms with Crippen molar-refractivity contribution in [3.63, 3.8) is 0 Å². The highest BCUT2D eigenvalue weighted by atomic mass is 35.5. The molecule has 4 nitrogen and oxygen atoms in total. The molecule has 1 heterocycles. The fraction of sp³-hybridized carbons (Fsp3) is 0.938. The molecule has 1 aliphatic carbocycles. The summed E-state index contributed by atoms with van der Waals surface area (Å²) in [4.78, 5) is 12.2. The lowest BCUT2D eigenvalue weighted by atomic mass is 9.83. The molecule has 0 unspecified atom stereocenters. The molecule has 2 atom stereocenters. The molecule has 2 fully saturated rings. The molecule has 0 aromatic rings. The van der Waals surface area contributed by atoms with Gasteiger partial charge in [0.25, 0.3) is 0 Å². The minimum Gasteiger partial charge on any atom is -0.364 e. The molecule has 124 valence electrons. The lowest BCUT2D eigenvalue weighted by Gasteiger charge is -2.29. The van der Waals surface area contributed by atoms with Crippen LogP contribution in [-0.4, -0.2) is 30.7 Å². The third kappa shape index (κ3) is 5.76. The molecular weight excluding hydrogens is 288 g/mol. The van der Waals surface area contributed by atoms with Gasteiger partial charge < -0.3 is 15.8 Å². The Morgan fingerprint density at radius 1 is 1.19 bits per heavy atom. The average Bonchev–Trinajstić information content (AvgIpc) is 2.95. The number of carbonyl (C=O) groups excluding carboxylic acids is 1. The van der Waals surface area contributed by atoms with E-state index in [4.69, 9.17) is 10.5 Å². The van der Waals surface area contributed by atoms with Gasteiger partial charge >= 0.3 is 0 Å². The van der Waals surface area contributed by atoms with Crippen molar-refractivity contribution in [2.24, 2.45) is 11.7 Å². The van der Waals surface area contributed by atoms with Crippen molar-refractivity contribution in [1.29, 1.82) is 0 Å². The van der Waals surface area contributed by atoms with E-state index in [1.165, 1.54) is 32.1 Å². The maximum absolute atomic E-state index is 12.2. The van der Waals surface area contributed by atoms with Crippen molar-refractivity contribution >= 4 is 18.3 Å². The molecule has 1 saturated heterocycles. The number of amides is 1. The molecular formula is C16H31ClN2O2. The van der Waals surface area contributed by atoms with Crippen LogP contribution in [0.5, 0.6) is 0 Å². The first kappa shape index (κ1) is 18.7. The zero-order chi connectivity index (χ0) is 14.4. The topological polar surface area (TPSA) is 64.4 Å². The first-order valence-electron chi connectivity index (χ1n) is 8.38.